The van der Waals surface area contributed by atoms with Crippen molar-refractivity contribution >= 4 is 28.2 Å². The van der Waals surface area contributed by atoms with Crippen LogP contribution in [-0.4, -0.2) is 30.7 Å². The van der Waals surface area contributed by atoms with Crippen LogP contribution in [0.2, 0.25) is 0 Å². The zero-order valence-electron chi connectivity index (χ0n) is 11.9. The fourth-order valence-corrected chi connectivity index (χ4v) is 3.11. The lowest BCUT2D eigenvalue weighted by atomic mass is 10.0. The van der Waals surface area contributed by atoms with Crippen molar-refractivity contribution in [2.45, 2.75) is 39.2 Å². The summed E-state index contributed by atoms with van der Waals surface area (Å²) in [4.78, 5) is 24.5. The van der Waals surface area contributed by atoms with Crippen LogP contribution in [0.15, 0.2) is 6.07 Å². The first-order valence-electron chi connectivity index (χ1n) is 6.69. The summed E-state index contributed by atoms with van der Waals surface area (Å²) in [6, 6.07) is 1.78. The number of amides is 1. The maximum atomic E-state index is 12.2. The van der Waals surface area contributed by atoms with Crippen molar-refractivity contribution in [3.8, 4) is 0 Å². The number of hydrogen-bond donors (Lipinski definition) is 1. The number of thiophene rings is 1. The highest BCUT2D eigenvalue weighted by molar-refractivity contribution is 7.18. The Labute approximate surface area is 122 Å². The molecule has 110 valence electrons. The molecule has 2 heterocycles. The Balaban J connectivity index is 2.09. The summed E-state index contributed by atoms with van der Waals surface area (Å²) in [6.45, 7) is 6.33. The number of anilines is 1. The van der Waals surface area contributed by atoms with E-state index < -0.39 is 5.60 Å². The molecule has 0 bridgehead atoms. The fraction of sp³-hybridized carbons (Fsp3) is 0.571. The van der Waals surface area contributed by atoms with E-state index in [0.717, 1.165) is 12.0 Å². The minimum Gasteiger partial charge on any atom is -0.462 e. The lowest BCUT2D eigenvalue weighted by Gasteiger charge is -2.21. The largest absolute Gasteiger partial charge is 0.462 e. The number of esters is 1. The Hall–Kier alpha value is -1.40. The number of carbonyl (C=O) groups is 2. The minimum atomic E-state index is -0.762. The molecule has 0 aliphatic carbocycles. The van der Waals surface area contributed by atoms with Crippen molar-refractivity contribution in [2.75, 3.05) is 18.5 Å². The summed E-state index contributed by atoms with van der Waals surface area (Å²) in [5.74, 6) is -0.509. The van der Waals surface area contributed by atoms with E-state index in [-0.39, 0.29) is 11.9 Å². The predicted octanol–water partition coefficient (Wildman–Crippen LogP) is 2.74. The van der Waals surface area contributed by atoms with Crippen molar-refractivity contribution in [3.05, 3.63) is 16.5 Å². The predicted molar refractivity (Wildman–Crippen MR) is 77.2 cm³/mol. The maximum Gasteiger partial charge on any atom is 0.348 e. The Kier molecular flexibility index (Phi) is 4.45. The van der Waals surface area contributed by atoms with Crippen molar-refractivity contribution in [1.29, 1.82) is 0 Å². The number of carbonyl (C=O) groups excluding carboxylic acids is 2. The Morgan fingerprint density at radius 3 is 2.90 bits per heavy atom. The third kappa shape index (κ3) is 3.02. The second-order valence-electron chi connectivity index (χ2n) is 4.98. The average molecular weight is 297 g/mol. The molecule has 1 aromatic heterocycles. The third-order valence-corrected chi connectivity index (χ3v) is 4.45. The number of hydrogen-bond acceptors (Lipinski definition) is 5. The Bertz CT molecular complexity index is 517. The van der Waals surface area contributed by atoms with E-state index in [0.29, 0.717) is 29.5 Å². The molecule has 0 saturated carbocycles. The number of aryl methyl sites for hydroxylation is 1. The molecule has 1 aliphatic rings. The summed E-state index contributed by atoms with van der Waals surface area (Å²) in [5, 5.41) is 3.48. The van der Waals surface area contributed by atoms with Crippen LogP contribution in [0.3, 0.4) is 0 Å². The van der Waals surface area contributed by atoms with Gasteiger partial charge in [-0.1, -0.05) is 0 Å². The Morgan fingerprint density at radius 1 is 1.55 bits per heavy atom. The molecule has 1 N–H and O–H groups in total. The molecule has 0 radical (unpaired) electrons. The van der Waals surface area contributed by atoms with Crippen molar-refractivity contribution in [3.63, 3.8) is 0 Å². The molecule has 1 unspecified atom stereocenters. The van der Waals surface area contributed by atoms with E-state index in [1.54, 1.807) is 19.9 Å². The van der Waals surface area contributed by atoms with Crippen LogP contribution in [0.1, 0.15) is 41.9 Å². The van der Waals surface area contributed by atoms with E-state index in [1.807, 2.05) is 6.92 Å². The van der Waals surface area contributed by atoms with Crippen molar-refractivity contribution in [1.82, 2.24) is 0 Å². The fourth-order valence-electron chi connectivity index (χ4n) is 2.15. The van der Waals surface area contributed by atoms with Gasteiger partial charge in [0.1, 0.15) is 10.5 Å². The second kappa shape index (κ2) is 5.93. The first-order chi connectivity index (χ1) is 9.46. The van der Waals surface area contributed by atoms with Gasteiger partial charge in [0.2, 0.25) is 0 Å². The molecular formula is C14H19NO4S. The molecule has 1 atom stereocenters. The molecule has 1 aliphatic heterocycles. The molecule has 20 heavy (non-hydrogen) atoms. The normalized spacial score (nSPS) is 21.8. The van der Waals surface area contributed by atoms with Gasteiger partial charge in [-0.15, -0.1) is 11.3 Å². The smallest absolute Gasteiger partial charge is 0.348 e. The third-order valence-electron chi connectivity index (χ3n) is 3.31. The number of rotatable bonds is 4. The van der Waals surface area contributed by atoms with E-state index >= 15 is 0 Å². The lowest BCUT2D eigenvalue weighted by Crippen LogP contribution is -2.39. The van der Waals surface area contributed by atoms with Gasteiger partial charge in [-0.2, -0.15) is 0 Å². The molecule has 1 aromatic rings. The zero-order valence-corrected chi connectivity index (χ0v) is 12.8. The van der Waals surface area contributed by atoms with Gasteiger partial charge in [-0.25, -0.2) is 4.79 Å². The van der Waals surface area contributed by atoms with E-state index in [4.69, 9.17) is 9.47 Å². The van der Waals surface area contributed by atoms with Crippen molar-refractivity contribution in [2.24, 2.45) is 0 Å². The van der Waals surface area contributed by atoms with Gasteiger partial charge in [0.15, 0.2) is 0 Å². The molecule has 6 heteroatoms. The quantitative estimate of drug-likeness (QED) is 0.868. The van der Waals surface area contributed by atoms with Crippen LogP contribution in [0.4, 0.5) is 5.00 Å². The highest BCUT2D eigenvalue weighted by atomic mass is 32.1. The standard InChI is InChI=1S/C14H19NO4S/c1-4-18-12(16)11-9(2)8-10(20-11)15-13(17)14(3)6-5-7-19-14/h8H,4-7H2,1-3H3,(H,15,17). The summed E-state index contributed by atoms with van der Waals surface area (Å²) < 4.78 is 10.5. The number of ether oxygens (including phenoxy) is 2. The molecular weight excluding hydrogens is 278 g/mol. The van der Waals surface area contributed by atoms with Gasteiger partial charge in [-0.05, 0) is 45.2 Å². The second-order valence-corrected chi connectivity index (χ2v) is 6.03. The summed E-state index contributed by atoms with van der Waals surface area (Å²) in [7, 11) is 0. The first kappa shape index (κ1) is 15.0. The zero-order chi connectivity index (χ0) is 14.8. The average Bonchev–Trinajstić information content (AvgIpc) is 2.97. The highest BCUT2D eigenvalue weighted by Gasteiger charge is 2.38. The van der Waals surface area contributed by atoms with Gasteiger partial charge < -0.3 is 14.8 Å². The number of nitrogens with one attached hydrogen (secondary N) is 1. The van der Waals surface area contributed by atoms with E-state index in [9.17, 15) is 9.59 Å². The lowest BCUT2D eigenvalue weighted by molar-refractivity contribution is -0.133. The van der Waals surface area contributed by atoms with Crippen LogP contribution in [0, 0.1) is 6.92 Å². The van der Waals surface area contributed by atoms with E-state index in [2.05, 4.69) is 5.32 Å². The summed E-state index contributed by atoms with van der Waals surface area (Å²) in [6.07, 6.45) is 1.61. The molecule has 1 saturated heterocycles. The first-order valence-corrected chi connectivity index (χ1v) is 7.51. The molecule has 0 aromatic carbocycles. The van der Waals surface area contributed by atoms with Crippen LogP contribution in [0.25, 0.3) is 0 Å². The molecule has 5 nitrogen and oxygen atoms in total. The SMILES string of the molecule is CCOC(=O)c1sc(NC(=O)C2(C)CCCO2)cc1C. The monoisotopic (exact) mass is 297 g/mol. The van der Waals surface area contributed by atoms with Crippen LogP contribution < -0.4 is 5.32 Å². The van der Waals surface area contributed by atoms with Gasteiger partial charge in [0.25, 0.3) is 5.91 Å². The van der Waals surface area contributed by atoms with Crippen LogP contribution >= 0.6 is 11.3 Å². The van der Waals surface area contributed by atoms with Crippen LogP contribution in [-0.2, 0) is 14.3 Å². The molecule has 1 amide bonds. The highest BCUT2D eigenvalue weighted by Crippen LogP contribution is 2.31. The van der Waals surface area contributed by atoms with E-state index in [1.165, 1.54) is 11.3 Å². The minimum absolute atomic E-state index is 0.161. The van der Waals surface area contributed by atoms with Crippen molar-refractivity contribution < 1.29 is 19.1 Å². The van der Waals surface area contributed by atoms with Gasteiger partial charge in [0.05, 0.1) is 11.6 Å². The Morgan fingerprint density at radius 2 is 2.30 bits per heavy atom. The van der Waals surface area contributed by atoms with Gasteiger partial charge >= 0.3 is 5.97 Å². The van der Waals surface area contributed by atoms with Crippen LogP contribution in [0.5, 0.6) is 0 Å². The molecule has 0 spiro atoms. The molecule has 1 fully saturated rings. The van der Waals surface area contributed by atoms with Gasteiger partial charge in [-0.3, -0.25) is 4.79 Å². The summed E-state index contributed by atoms with van der Waals surface area (Å²) in [5.41, 5.74) is 0.0448. The maximum absolute atomic E-state index is 12.2. The summed E-state index contributed by atoms with van der Waals surface area (Å²) >= 11 is 1.23. The topological polar surface area (TPSA) is 64.6 Å². The van der Waals surface area contributed by atoms with Gasteiger partial charge in [0, 0.05) is 6.61 Å². The molecule has 2 rings (SSSR count).